The van der Waals surface area contributed by atoms with E-state index in [1.807, 2.05) is 13.8 Å². The van der Waals surface area contributed by atoms with Crippen molar-refractivity contribution in [1.29, 1.82) is 0 Å². The summed E-state index contributed by atoms with van der Waals surface area (Å²) in [4.78, 5) is 0. The van der Waals surface area contributed by atoms with Crippen LogP contribution in [0.3, 0.4) is 0 Å². The maximum atomic E-state index is 12.4. The molecule has 1 heterocycles. The largest absolute Gasteiger partial charge is 0.330 e. The summed E-state index contributed by atoms with van der Waals surface area (Å²) in [6, 6.07) is 0. The van der Waals surface area contributed by atoms with E-state index in [9.17, 15) is 8.42 Å². The van der Waals surface area contributed by atoms with Crippen molar-refractivity contribution in [3.8, 4) is 0 Å². The Labute approximate surface area is 110 Å². The minimum Gasteiger partial charge on any atom is -0.330 e. The van der Waals surface area contributed by atoms with Crippen molar-refractivity contribution in [2.45, 2.75) is 45.1 Å². The fourth-order valence-electron chi connectivity index (χ4n) is 2.72. The third-order valence-electron chi connectivity index (χ3n) is 4.14. The Kier molecular flexibility index (Phi) is 4.02. The van der Waals surface area contributed by atoms with Crippen LogP contribution in [-0.4, -0.2) is 37.9 Å². The molecule has 3 N–H and O–H groups in total. The highest BCUT2D eigenvalue weighted by atomic mass is 32.2. The molecule has 1 atom stereocenters. The Morgan fingerprint density at radius 3 is 2.56 bits per heavy atom. The van der Waals surface area contributed by atoms with Gasteiger partial charge in [0.1, 0.15) is 0 Å². The molecule has 106 valence electrons. The van der Waals surface area contributed by atoms with Crippen molar-refractivity contribution in [1.82, 2.24) is 9.03 Å². The van der Waals surface area contributed by atoms with Crippen LogP contribution in [-0.2, 0) is 10.2 Å². The van der Waals surface area contributed by atoms with Crippen LogP contribution >= 0.6 is 0 Å². The smallest absolute Gasteiger partial charge is 0.279 e. The summed E-state index contributed by atoms with van der Waals surface area (Å²) in [5.74, 6) is 0.793. The molecule has 0 aromatic rings. The Balaban J connectivity index is 2.01. The van der Waals surface area contributed by atoms with Gasteiger partial charge in [0.2, 0.25) is 0 Å². The summed E-state index contributed by atoms with van der Waals surface area (Å²) >= 11 is 0. The van der Waals surface area contributed by atoms with E-state index in [-0.39, 0.29) is 5.54 Å². The SMILES string of the molecule is CC(C)(NS(=O)(=O)N1CCCC(CN)C1)C1CC1. The predicted octanol–water partition coefficient (Wildman–Crippen LogP) is 0.680. The summed E-state index contributed by atoms with van der Waals surface area (Å²) in [5.41, 5.74) is 5.33. The summed E-state index contributed by atoms with van der Waals surface area (Å²) in [7, 11) is -3.36. The summed E-state index contributed by atoms with van der Waals surface area (Å²) < 4.78 is 29.2. The van der Waals surface area contributed by atoms with Gasteiger partial charge in [-0.2, -0.15) is 17.4 Å². The molecule has 0 aromatic carbocycles. The molecular formula is C12H25N3O2S. The molecule has 1 aliphatic heterocycles. The maximum absolute atomic E-state index is 12.4. The third-order valence-corrected chi connectivity index (χ3v) is 5.94. The first kappa shape index (κ1) is 14.2. The first-order valence-corrected chi connectivity index (χ1v) is 8.28. The monoisotopic (exact) mass is 275 g/mol. The lowest BCUT2D eigenvalue weighted by Gasteiger charge is -2.35. The quantitative estimate of drug-likeness (QED) is 0.775. The topological polar surface area (TPSA) is 75.4 Å². The zero-order valence-corrected chi connectivity index (χ0v) is 12.2. The molecule has 0 amide bonds. The molecule has 1 saturated carbocycles. The molecule has 1 saturated heterocycles. The first-order valence-electron chi connectivity index (χ1n) is 6.84. The maximum Gasteiger partial charge on any atom is 0.279 e. The minimum atomic E-state index is -3.36. The van der Waals surface area contributed by atoms with E-state index < -0.39 is 10.2 Å². The van der Waals surface area contributed by atoms with Gasteiger partial charge in [0.25, 0.3) is 10.2 Å². The van der Waals surface area contributed by atoms with Gasteiger partial charge in [-0.1, -0.05) is 0 Å². The van der Waals surface area contributed by atoms with Crippen molar-refractivity contribution in [2.24, 2.45) is 17.6 Å². The highest BCUT2D eigenvalue weighted by Gasteiger charge is 2.42. The van der Waals surface area contributed by atoms with Crippen molar-refractivity contribution >= 4 is 10.2 Å². The molecule has 5 nitrogen and oxygen atoms in total. The number of hydrogen-bond donors (Lipinski definition) is 2. The third kappa shape index (κ3) is 3.23. The van der Waals surface area contributed by atoms with Gasteiger partial charge in [0.05, 0.1) is 0 Å². The normalized spacial score (nSPS) is 27.4. The second kappa shape index (κ2) is 5.07. The van der Waals surface area contributed by atoms with Gasteiger partial charge in [-0.15, -0.1) is 0 Å². The van der Waals surface area contributed by atoms with Crippen molar-refractivity contribution in [3.63, 3.8) is 0 Å². The molecular weight excluding hydrogens is 250 g/mol. The standard InChI is InChI=1S/C12H25N3O2S/c1-12(2,11-5-6-11)14-18(16,17)15-7-3-4-10(8-13)9-15/h10-11,14H,3-9,13H2,1-2H3. The van der Waals surface area contributed by atoms with Crippen LogP contribution in [0.4, 0.5) is 0 Å². The van der Waals surface area contributed by atoms with Gasteiger partial charge in [0, 0.05) is 18.6 Å². The number of rotatable bonds is 5. The molecule has 18 heavy (non-hydrogen) atoms. The van der Waals surface area contributed by atoms with E-state index >= 15 is 0 Å². The van der Waals surface area contributed by atoms with Gasteiger partial charge in [-0.3, -0.25) is 0 Å². The van der Waals surface area contributed by atoms with E-state index in [0.29, 0.717) is 31.5 Å². The number of nitrogens with two attached hydrogens (primary N) is 1. The van der Waals surface area contributed by atoms with Crippen LogP contribution in [0.5, 0.6) is 0 Å². The fourth-order valence-corrected chi connectivity index (χ4v) is 4.46. The average molecular weight is 275 g/mol. The number of nitrogens with one attached hydrogen (secondary N) is 1. The summed E-state index contributed by atoms with van der Waals surface area (Å²) in [5, 5.41) is 0. The van der Waals surface area contributed by atoms with Crippen LogP contribution in [0, 0.1) is 11.8 Å². The zero-order valence-electron chi connectivity index (χ0n) is 11.4. The zero-order chi connectivity index (χ0) is 13.4. The van der Waals surface area contributed by atoms with Crippen LogP contribution in [0.15, 0.2) is 0 Å². The van der Waals surface area contributed by atoms with Gasteiger partial charge < -0.3 is 5.73 Å². The summed E-state index contributed by atoms with van der Waals surface area (Å²) in [6.45, 7) is 5.70. The molecule has 0 aromatic heterocycles. The Hall–Kier alpha value is -0.170. The lowest BCUT2D eigenvalue weighted by atomic mass is 10.0. The van der Waals surface area contributed by atoms with Crippen LogP contribution in [0.1, 0.15) is 39.5 Å². The van der Waals surface area contributed by atoms with Crippen LogP contribution in [0.25, 0.3) is 0 Å². The molecule has 2 fully saturated rings. The number of hydrogen-bond acceptors (Lipinski definition) is 3. The van der Waals surface area contributed by atoms with E-state index in [0.717, 1.165) is 25.7 Å². The van der Waals surface area contributed by atoms with Gasteiger partial charge in [-0.25, -0.2) is 0 Å². The van der Waals surface area contributed by atoms with E-state index in [4.69, 9.17) is 5.73 Å². The van der Waals surface area contributed by atoms with Gasteiger partial charge in [-0.05, 0) is 57.9 Å². The van der Waals surface area contributed by atoms with Crippen LogP contribution in [0.2, 0.25) is 0 Å². The Bertz CT molecular complexity index is 390. The second-order valence-corrected chi connectivity index (χ2v) is 7.88. The Morgan fingerprint density at radius 1 is 1.33 bits per heavy atom. The van der Waals surface area contributed by atoms with Crippen molar-refractivity contribution < 1.29 is 8.42 Å². The van der Waals surface area contributed by atoms with E-state index in [2.05, 4.69) is 4.72 Å². The first-order chi connectivity index (χ1) is 8.35. The molecule has 2 rings (SSSR count). The molecule has 1 aliphatic carbocycles. The molecule has 1 unspecified atom stereocenters. The number of piperidine rings is 1. The van der Waals surface area contributed by atoms with Crippen molar-refractivity contribution in [2.75, 3.05) is 19.6 Å². The molecule has 0 spiro atoms. The van der Waals surface area contributed by atoms with Crippen LogP contribution < -0.4 is 10.5 Å². The molecule has 0 bridgehead atoms. The molecule has 0 radical (unpaired) electrons. The Morgan fingerprint density at radius 2 is 2.00 bits per heavy atom. The highest BCUT2D eigenvalue weighted by Crippen LogP contribution is 2.39. The van der Waals surface area contributed by atoms with E-state index in [1.54, 1.807) is 4.31 Å². The summed E-state index contributed by atoms with van der Waals surface area (Å²) in [6.07, 6.45) is 4.20. The molecule has 2 aliphatic rings. The molecule has 6 heteroatoms. The van der Waals surface area contributed by atoms with Gasteiger partial charge >= 0.3 is 0 Å². The second-order valence-electron chi connectivity index (χ2n) is 6.21. The average Bonchev–Trinajstić information content (AvgIpc) is 3.12. The predicted molar refractivity (Wildman–Crippen MR) is 72.2 cm³/mol. The number of nitrogens with zero attached hydrogens (tertiary/aromatic N) is 1. The lowest BCUT2D eigenvalue weighted by molar-refractivity contribution is 0.261. The van der Waals surface area contributed by atoms with E-state index in [1.165, 1.54) is 0 Å². The lowest BCUT2D eigenvalue weighted by Crippen LogP contribution is -2.54. The van der Waals surface area contributed by atoms with Crippen molar-refractivity contribution in [3.05, 3.63) is 0 Å². The van der Waals surface area contributed by atoms with Gasteiger partial charge in [0.15, 0.2) is 0 Å². The highest BCUT2D eigenvalue weighted by molar-refractivity contribution is 7.87. The minimum absolute atomic E-state index is 0.305. The fraction of sp³-hybridized carbons (Fsp3) is 1.00.